The van der Waals surface area contributed by atoms with Crippen LogP contribution in [0, 0.1) is 6.92 Å². The number of hydrogen-bond acceptors (Lipinski definition) is 4. The predicted octanol–water partition coefficient (Wildman–Crippen LogP) is 4.39. The van der Waals surface area contributed by atoms with Crippen molar-refractivity contribution in [3.8, 4) is 5.75 Å². The van der Waals surface area contributed by atoms with E-state index >= 15 is 0 Å². The average Bonchev–Trinajstić information content (AvgIpc) is 3.20. The van der Waals surface area contributed by atoms with Crippen molar-refractivity contribution in [1.29, 1.82) is 0 Å². The SMILES string of the molecule is CCN(CC)C(=O)C[C@H]1CC2(CCN(C(=O)c3occc3C)CC2)Oc2ccccc21. The number of carbonyl (C=O) groups excluding carboxylic acids is 2. The number of carbonyl (C=O) groups is 2. The van der Waals surface area contributed by atoms with Gasteiger partial charge < -0.3 is 19.0 Å². The molecule has 0 unspecified atom stereocenters. The number of aryl methyl sites for hydroxylation is 1. The lowest BCUT2D eigenvalue weighted by atomic mass is 9.76. The van der Waals surface area contributed by atoms with Crippen molar-refractivity contribution in [3.63, 3.8) is 0 Å². The van der Waals surface area contributed by atoms with Gasteiger partial charge in [0.2, 0.25) is 5.91 Å². The monoisotopic (exact) mass is 424 g/mol. The Hall–Kier alpha value is -2.76. The average molecular weight is 425 g/mol. The molecule has 1 atom stereocenters. The van der Waals surface area contributed by atoms with Crippen LogP contribution in [0.2, 0.25) is 0 Å². The number of nitrogens with zero attached hydrogens (tertiary/aromatic N) is 2. The Morgan fingerprint density at radius 1 is 1.13 bits per heavy atom. The lowest BCUT2D eigenvalue weighted by molar-refractivity contribution is -0.131. The lowest BCUT2D eigenvalue weighted by Crippen LogP contribution is -2.52. The maximum absolute atomic E-state index is 12.9. The zero-order chi connectivity index (χ0) is 22.0. The van der Waals surface area contributed by atoms with E-state index in [0.29, 0.717) is 25.3 Å². The van der Waals surface area contributed by atoms with Gasteiger partial charge in [0.15, 0.2) is 5.76 Å². The fraction of sp³-hybridized carbons (Fsp3) is 0.520. The van der Waals surface area contributed by atoms with Gasteiger partial charge in [-0.2, -0.15) is 0 Å². The van der Waals surface area contributed by atoms with Gasteiger partial charge in [0.05, 0.1) is 6.26 Å². The molecule has 3 heterocycles. The number of rotatable bonds is 5. The number of ether oxygens (including phenoxy) is 1. The highest BCUT2D eigenvalue weighted by molar-refractivity contribution is 5.92. The number of likely N-dealkylation sites (tertiary alicyclic amines) is 1. The zero-order valence-electron chi connectivity index (χ0n) is 18.7. The van der Waals surface area contributed by atoms with Gasteiger partial charge in [0.25, 0.3) is 5.91 Å². The van der Waals surface area contributed by atoms with Crippen molar-refractivity contribution >= 4 is 11.8 Å². The van der Waals surface area contributed by atoms with Crippen molar-refractivity contribution in [2.24, 2.45) is 0 Å². The molecule has 31 heavy (non-hydrogen) atoms. The van der Waals surface area contributed by atoms with Gasteiger partial charge >= 0.3 is 0 Å². The topological polar surface area (TPSA) is 63.0 Å². The van der Waals surface area contributed by atoms with Gasteiger partial charge in [-0.25, -0.2) is 0 Å². The van der Waals surface area contributed by atoms with Crippen molar-refractivity contribution in [2.45, 2.75) is 58.0 Å². The molecular formula is C25H32N2O4. The van der Waals surface area contributed by atoms with E-state index in [4.69, 9.17) is 9.15 Å². The van der Waals surface area contributed by atoms with E-state index in [0.717, 1.165) is 49.2 Å². The number of fused-ring (bicyclic) bond motifs is 1. The van der Waals surface area contributed by atoms with Crippen molar-refractivity contribution in [3.05, 3.63) is 53.5 Å². The minimum absolute atomic E-state index is 0.0539. The summed E-state index contributed by atoms with van der Waals surface area (Å²) in [6.45, 7) is 8.64. The second-order valence-electron chi connectivity index (χ2n) is 8.72. The third kappa shape index (κ3) is 4.21. The van der Waals surface area contributed by atoms with E-state index in [1.807, 2.05) is 54.8 Å². The highest BCUT2D eigenvalue weighted by atomic mass is 16.5. The van der Waals surface area contributed by atoms with E-state index in [-0.39, 0.29) is 23.3 Å². The highest BCUT2D eigenvalue weighted by Crippen LogP contribution is 2.46. The summed E-state index contributed by atoms with van der Waals surface area (Å²) in [4.78, 5) is 29.5. The lowest BCUT2D eigenvalue weighted by Gasteiger charge is -2.47. The Balaban J connectivity index is 1.50. The molecule has 0 aliphatic carbocycles. The molecule has 6 heteroatoms. The Bertz CT molecular complexity index is 939. The second-order valence-corrected chi connectivity index (χ2v) is 8.72. The Morgan fingerprint density at radius 2 is 1.84 bits per heavy atom. The Morgan fingerprint density at radius 3 is 2.48 bits per heavy atom. The van der Waals surface area contributed by atoms with Crippen molar-refractivity contribution in [1.82, 2.24) is 9.80 Å². The number of piperidine rings is 1. The Kier molecular flexibility index (Phi) is 6.08. The molecule has 166 valence electrons. The second kappa shape index (κ2) is 8.77. The molecule has 2 aromatic rings. The van der Waals surface area contributed by atoms with Gasteiger partial charge in [-0.05, 0) is 44.9 Å². The van der Waals surface area contributed by atoms with Crippen molar-refractivity contribution in [2.75, 3.05) is 26.2 Å². The standard InChI is InChI=1S/C25H32N2O4/c1-4-26(5-2)22(28)16-19-17-25(31-21-9-7-6-8-20(19)21)11-13-27(14-12-25)24(29)23-18(3)10-15-30-23/h6-10,15,19H,4-5,11-14,16-17H2,1-3H3/t19-/m0/s1. The molecule has 2 amide bonds. The summed E-state index contributed by atoms with van der Waals surface area (Å²) in [5.74, 6) is 1.58. The molecule has 0 N–H and O–H groups in total. The van der Waals surface area contributed by atoms with Crippen molar-refractivity contribution < 1.29 is 18.7 Å². The molecule has 2 aliphatic heterocycles. The smallest absolute Gasteiger partial charge is 0.289 e. The summed E-state index contributed by atoms with van der Waals surface area (Å²) in [6, 6.07) is 9.91. The van der Waals surface area contributed by atoms with Crippen LogP contribution < -0.4 is 4.74 Å². The highest BCUT2D eigenvalue weighted by Gasteiger charge is 2.44. The third-order valence-electron chi connectivity index (χ3n) is 6.86. The normalized spacial score (nSPS) is 19.6. The minimum Gasteiger partial charge on any atom is -0.487 e. The molecule has 6 nitrogen and oxygen atoms in total. The first-order chi connectivity index (χ1) is 15.0. The molecule has 0 bridgehead atoms. The molecule has 0 radical (unpaired) electrons. The molecular weight excluding hydrogens is 392 g/mol. The van der Waals surface area contributed by atoms with E-state index in [1.54, 1.807) is 6.26 Å². The van der Waals surface area contributed by atoms with Gasteiger partial charge in [0.1, 0.15) is 11.4 Å². The summed E-state index contributed by atoms with van der Waals surface area (Å²) in [5.41, 5.74) is 1.65. The van der Waals surface area contributed by atoms with Gasteiger partial charge in [0, 0.05) is 56.9 Å². The fourth-order valence-electron chi connectivity index (χ4n) is 5.00. The maximum Gasteiger partial charge on any atom is 0.289 e. The molecule has 1 aromatic carbocycles. The first-order valence-corrected chi connectivity index (χ1v) is 11.4. The molecule has 1 saturated heterocycles. The molecule has 0 saturated carbocycles. The minimum atomic E-state index is -0.336. The van der Waals surface area contributed by atoms with Crippen LogP contribution in [0.4, 0.5) is 0 Å². The molecule has 2 aliphatic rings. The zero-order valence-corrected chi connectivity index (χ0v) is 18.7. The third-order valence-corrected chi connectivity index (χ3v) is 6.86. The van der Waals surface area contributed by atoms with Gasteiger partial charge in [-0.1, -0.05) is 18.2 Å². The van der Waals surface area contributed by atoms with Crippen LogP contribution in [0.1, 0.15) is 67.1 Å². The van der Waals surface area contributed by atoms with E-state index in [2.05, 4.69) is 6.07 Å². The Labute approximate surface area is 184 Å². The number of amides is 2. The molecule has 1 aromatic heterocycles. The largest absolute Gasteiger partial charge is 0.487 e. The quantitative estimate of drug-likeness (QED) is 0.714. The van der Waals surface area contributed by atoms with E-state index in [1.165, 1.54) is 0 Å². The number of furan rings is 1. The first kappa shape index (κ1) is 21.5. The molecule has 1 spiro atoms. The van der Waals surface area contributed by atoms with Gasteiger partial charge in [-0.3, -0.25) is 9.59 Å². The van der Waals surface area contributed by atoms with Gasteiger partial charge in [-0.15, -0.1) is 0 Å². The summed E-state index contributed by atoms with van der Waals surface area (Å²) in [6.07, 6.45) is 4.37. The fourth-order valence-corrected chi connectivity index (χ4v) is 5.00. The predicted molar refractivity (Wildman–Crippen MR) is 118 cm³/mol. The van der Waals surface area contributed by atoms with Crippen LogP contribution in [-0.4, -0.2) is 53.4 Å². The summed E-state index contributed by atoms with van der Waals surface area (Å²) in [5, 5.41) is 0. The number of para-hydroxylation sites is 1. The van der Waals surface area contributed by atoms with E-state index < -0.39 is 0 Å². The summed E-state index contributed by atoms with van der Waals surface area (Å²) >= 11 is 0. The van der Waals surface area contributed by atoms with Crippen LogP contribution in [0.15, 0.2) is 41.0 Å². The van der Waals surface area contributed by atoms with Crippen LogP contribution in [0.25, 0.3) is 0 Å². The maximum atomic E-state index is 12.9. The van der Waals surface area contributed by atoms with Crippen LogP contribution in [0.5, 0.6) is 5.75 Å². The van der Waals surface area contributed by atoms with Crippen LogP contribution in [0.3, 0.4) is 0 Å². The van der Waals surface area contributed by atoms with E-state index in [9.17, 15) is 9.59 Å². The molecule has 1 fully saturated rings. The summed E-state index contributed by atoms with van der Waals surface area (Å²) in [7, 11) is 0. The molecule has 4 rings (SSSR count). The first-order valence-electron chi connectivity index (χ1n) is 11.4. The summed E-state index contributed by atoms with van der Waals surface area (Å²) < 4.78 is 11.9. The number of benzene rings is 1. The van der Waals surface area contributed by atoms with Crippen LogP contribution in [-0.2, 0) is 4.79 Å². The van der Waals surface area contributed by atoms with Crippen LogP contribution >= 0.6 is 0 Å². The number of hydrogen-bond donors (Lipinski definition) is 0.